The zero-order chi connectivity index (χ0) is 6.97. The smallest absolute Gasteiger partial charge is 0.141 e. The molecule has 1 aromatic heterocycles. The van der Waals surface area contributed by atoms with Crippen molar-refractivity contribution in [3.05, 3.63) is 24.0 Å². The van der Waals surface area contributed by atoms with Gasteiger partial charge in [-0.1, -0.05) is 0 Å². The molecule has 0 bridgehead atoms. The fourth-order valence-corrected chi connectivity index (χ4v) is 1.25. The molecule has 2 rings (SSSR count). The van der Waals surface area contributed by atoms with Crippen LogP contribution < -0.4 is 4.74 Å². The Labute approximate surface area is 59.9 Å². The van der Waals surface area contributed by atoms with Crippen LogP contribution in [-0.4, -0.2) is 11.1 Å². The van der Waals surface area contributed by atoms with Crippen molar-refractivity contribution in [1.29, 1.82) is 0 Å². The number of ether oxygens (including phenoxy) is 1. The first-order chi connectivity index (χ1) is 4.86. The van der Waals surface area contributed by atoms with Crippen molar-refractivity contribution in [3.8, 4) is 5.75 Å². The lowest BCUT2D eigenvalue weighted by molar-refractivity contribution is 0.254. The van der Waals surface area contributed by atoms with Gasteiger partial charge in [-0.2, -0.15) is 0 Å². The lowest BCUT2D eigenvalue weighted by Crippen LogP contribution is -2.05. The van der Waals surface area contributed by atoms with Gasteiger partial charge < -0.3 is 4.74 Å². The summed E-state index contributed by atoms with van der Waals surface area (Å²) in [7, 11) is 0. The maximum Gasteiger partial charge on any atom is 0.141 e. The molecule has 1 aliphatic rings. The predicted octanol–water partition coefficient (Wildman–Crippen LogP) is 1.41. The van der Waals surface area contributed by atoms with Gasteiger partial charge in [0.2, 0.25) is 0 Å². The van der Waals surface area contributed by atoms with Crippen molar-refractivity contribution in [2.75, 3.05) is 0 Å². The highest BCUT2D eigenvalue weighted by Gasteiger charge is 2.17. The lowest BCUT2D eigenvalue weighted by atomic mass is 10.2. The normalized spacial score (nSPS) is 21.9. The van der Waals surface area contributed by atoms with Crippen LogP contribution in [0.25, 0.3) is 0 Å². The molecule has 1 atom stereocenters. The van der Waals surface area contributed by atoms with Gasteiger partial charge in [0.25, 0.3) is 0 Å². The highest BCUT2D eigenvalue weighted by molar-refractivity contribution is 5.33. The second-order valence-corrected chi connectivity index (χ2v) is 2.62. The summed E-state index contributed by atoms with van der Waals surface area (Å²) in [5, 5.41) is 0. The molecular formula is C8H9NO. The Bertz CT molecular complexity index is 222. The maximum absolute atomic E-state index is 5.44. The number of fused-ring (bicyclic) bond motifs is 1. The summed E-state index contributed by atoms with van der Waals surface area (Å²) < 4.78 is 5.44. The van der Waals surface area contributed by atoms with Crippen LogP contribution in [0.5, 0.6) is 5.75 Å². The van der Waals surface area contributed by atoms with Crippen LogP contribution in [0.1, 0.15) is 12.5 Å². The van der Waals surface area contributed by atoms with E-state index < -0.39 is 0 Å². The molecule has 0 radical (unpaired) electrons. The third-order valence-electron chi connectivity index (χ3n) is 1.71. The van der Waals surface area contributed by atoms with Gasteiger partial charge in [0.15, 0.2) is 0 Å². The molecule has 0 saturated heterocycles. The summed E-state index contributed by atoms with van der Waals surface area (Å²) in [4.78, 5) is 3.97. The zero-order valence-corrected chi connectivity index (χ0v) is 5.87. The molecule has 0 saturated carbocycles. The molecule has 0 unspecified atom stereocenters. The molecule has 0 fully saturated rings. The van der Waals surface area contributed by atoms with Crippen molar-refractivity contribution in [2.24, 2.45) is 0 Å². The third kappa shape index (κ3) is 0.764. The Balaban J connectivity index is 2.42. The van der Waals surface area contributed by atoms with Gasteiger partial charge in [0.1, 0.15) is 11.9 Å². The number of hydrogen-bond donors (Lipinski definition) is 0. The number of pyridine rings is 1. The van der Waals surface area contributed by atoms with Crippen LogP contribution >= 0.6 is 0 Å². The molecular weight excluding hydrogens is 126 g/mol. The summed E-state index contributed by atoms with van der Waals surface area (Å²) in [6.07, 6.45) is 4.94. The van der Waals surface area contributed by atoms with E-state index in [-0.39, 0.29) is 0 Å². The Morgan fingerprint density at radius 2 is 2.60 bits per heavy atom. The average Bonchev–Trinajstić information content (AvgIpc) is 2.27. The van der Waals surface area contributed by atoms with E-state index in [4.69, 9.17) is 4.74 Å². The topological polar surface area (TPSA) is 22.1 Å². The predicted molar refractivity (Wildman–Crippen MR) is 38.0 cm³/mol. The van der Waals surface area contributed by atoms with Crippen LogP contribution in [0.2, 0.25) is 0 Å². The van der Waals surface area contributed by atoms with Gasteiger partial charge in [0, 0.05) is 18.2 Å². The fraction of sp³-hybridized carbons (Fsp3) is 0.375. The minimum atomic E-state index is 0.333. The highest BCUT2D eigenvalue weighted by Crippen LogP contribution is 2.26. The van der Waals surface area contributed by atoms with E-state index in [1.807, 2.05) is 6.07 Å². The van der Waals surface area contributed by atoms with Gasteiger partial charge in [-0.05, 0) is 13.0 Å². The minimum absolute atomic E-state index is 0.333. The third-order valence-corrected chi connectivity index (χ3v) is 1.71. The molecule has 0 aromatic carbocycles. The summed E-state index contributed by atoms with van der Waals surface area (Å²) in [5.41, 5.74) is 1.28. The molecule has 2 nitrogen and oxygen atoms in total. The van der Waals surface area contributed by atoms with E-state index in [1.165, 1.54) is 5.56 Å². The summed E-state index contributed by atoms with van der Waals surface area (Å²) in [5.74, 6) is 0.954. The number of hydrogen-bond acceptors (Lipinski definition) is 2. The van der Waals surface area contributed by atoms with Crippen LogP contribution in [0.4, 0.5) is 0 Å². The minimum Gasteiger partial charge on any atom is -0.488 e. The zero-order valence-electron chi connectivity index (χ0n) is 5.87. The molecule has 0 amide bonds. The van der Waals surface area contributed by atoms with Crippen molar-refractivity contribution < 1.29 is 4.74 Å². The molecule has 1 aliphatic heterocycles. The molecule has 10 heavy (non-hydrogen) atoms. The van der Waals surface area contributed by atoms with Crippen LogP contribution in [0.3, 0.4) is 0 Å². The Morgan fingerprint density at radius 3 is 3.40 bits per heavy atom. The summed E-state index contributed by atoms with van der Waals surface area (Å²) in [6, 6.07) is 2.01. The molecule has 2 heterocycles. The lowest BCUT2D eigenvalue weighted by Gasteiger charge is -2.00. The van der Waals surface area contributed by atoms with Crippen molar-refractivity contribution >= 4 is 0 Å². The summed E-state index contributed by atoms with van der Waals surface area (Å²) >= 11 is 0. The number of aromatic nitrogens is 1. The Hall–Kier alpha value is -1.05. The number of rotatable bonds is 0. The van der Waals surface area contributed by atoms with E-state index in [9.17, 15) is 0 Å². The second kappa shape index (κ2) is 1.97. The molecule has 2 heteroatoms. The van der Waals surface area contributed by atoms with Crippen LogP contribution in [-0.2, 0) is 6.42 Å². The standard InChI is InChI=1S/C8H9NO/c1-6-4-7-2-3-9-5-8(7)10-6/h2-3,5-6H,4H2,1H3/t6-/m0/s1. The molecule has 0 spiro atoms. The monoisotopic (exact) mass is 135 g/mol. The van der Waals surface area contributed by atoms with Crippen LogP contribution in [0, 0.1) is 0 Å². The Kier molecular flexibility index (Phi) is 1.13. The first kappa shape index (κ1) is 5.71. The van der Waals surface area contributed by atoms with Crippen molar-refractivity contribution in [1.82, 2.24) is 4.98 Å². The SMILES string of the molecule is C[C@H]1Cc2ccncc2O1. The molecule has 0 aliphatic carbocycles. The van der Waals surface area contributed by atoms with Crippen molar-refractivity contribution in [2.45, 2.75) is 19.4 Å². The van der Waals surface area contributed by atoms with E-state index in [2.05, 4.69) is 11.9 Å². The average molecular weight is 135 g/mol. The van der Waals surface area contributed by atoms with E-state index in [0.29, 0.717) is 6.10 Å². The van der Waals surface area contributed by atoms with Gasteiger partial charge in [0.05, 0.1) is 6.20 Å². The van der Waals surface area contributed by atoms with Gasteiger partial charge >= 0.3 is 0 Å². The highest BCUT2D eigenvalue weighted by atomic mass is 16.5. The first-order valence-corrected chi connectivity index (χ1v) is 3.46. The molecule has 52 valence electrons. The quantitative estimate of drug-likeness (QED) is 0.536. The van der Waals surface area contributed by atoms with Gasteiger partial charge in [-0.15, -0.1) is 0 Å². The summed E-state index contributed by atoms with van der Waals surface area (Å²) in [6.45, 7) is 2.07. The molecule has 1 aromatic rings. The van der Waals surface area contributed by atoms with Gasteiger partial charge in [-0.3, -0.25) is 4.98 Å². The second-order valence-electron chi connectivity index (χ2n) is 2.62. The van der Waals surface area contributed by atoms with E-state index in [0.717, 1.165) is 12.2 Å². The fourth-order valence-electron chi connectivity index (χ4n) is 1.25. The van der Waals surface area contributed by atoms with E-state index in [1.54, 1.807) is 12.4 Å². The number of nitrogens with zero attached hydrogens (tertiary/aromatic N) is 1. The van der Waals surface area contributed by atoms with E-state index >= 15 is 0 Å². The molecule has 0 N–H and O–H groups in total. The van der Waals surface area contributed by atoms with Crippen molar-refractivity contribution in [3.63, 3.8) is 0 Å². The van der Waals surface area contributed by atoms with Gasteiger partial charge in [-0.25, -0.2) is 0 Å². The maximum atomic E-state index is 5.44. The first-order valence-electron chi connectivity index (χ1n) is 3.46. The Morgan fingerprint density at radius 1 is 1.70 bits per heavy atom. The van der Waals surface area contributed by atoms with Crippen LogP contribution in [0.15, 0.2) is 18.5 Å². The largest absolute Gasteiger partial charge is 0.488 e.